The Bertz CT molecular complexity index is 461. The molecule has 0 aliphatic carbocycles. The molecule has 0 radical (unpaired) electrons. The van der Waals surface area contributed by atoms with Gasteiger partial charge in [-0.2, -0.15) is 0 Å². The van der Waals surface area contributed by atoms with Crippen LogP contribution < -0.4 is 10.0 Å². The summed E-state index contributed by atoms with van der Waals surface area (Å²) >= 11 is 0. The van der Waals surface area contributed by atoms with Crippen LogP contribution in [0.15, 0.2) is 0 Å². The van der Waals surface area contributed by atoms with Crippen molar-refractivity contribution in [3.05, 3.63) is 0 Å². The predicted molar refractivity (Wildman–Crippen MR) is 74.9 cm³/mol. The molecule has 0 heterocycles. The van der Waals surface area contributed by atoms with Gasteiger partial charge in [0.1, 0.15) is 0 Å². The van der Waals surface area contributed by atoms with Crippen molar-refractivity contribution in [2.24, 2.45) is 5.92 Å². The van der Waals surface area contributed by atoms with Crippen LogP contribution in [0.3, 0.4) is 0 Å². The first-order valence-electron chi connectivity index (χ1n) is 6.05. The summed E-state index contributed by atoms with van der Waals surface area (Å²) in [5, 5.41) is 11.3. The average Bonchev–Trinajstić information content (AvgIpc) is 2.22. The number of nitrogens with one attached hydrogen (secondary N) is 2. The molecule has 118 valence electrons. The number of nitrogens with zero attached hydrogens (tertiary/aromatic N) is 1. The summed E-state index contributed by atoms with van der Waals surface area (Å²) in [5.41, 5.74) is -0.831. The van der Waals surface area contributed by atoms with E-state index in [2.05, 4.69) is 10.0 Å². The molecule has 0 aromatic carbocycles. The number of carbonyl (C=O) groups is 2. The molecule has 3 N–H and O–H groups in total. The summed E-state index contributed by atoms with van der Waals surface area (Å²) in [6.45, 7) is 4.93. The number of carboxylic acid groups (broad SMARTS) is 1. The lowest BCUT2D eigenvalue weighted by molar-refractivity contribution is -0.141. The second-order valence-electron chi connectivity index (χ2n) is 5.54. The van der Waals surface area contributed by atoms with Crippen LogP contribution in [-0.4, -0.2) is 62.4 Å². The fourth-order valence-electron chi connectivity index (χ4n) is 1.54. The molecule has 2 amide bonds. The minimum atomic E-state index is -3.37. The molecule has 0 spiro atoms. The molecule has 9 heteroatoms. The molecule has 8 nitrogen and oxygen atoms in total. The zero-order chi connectivity index (χ0) is 16.1. The fourth-order valence-corrected chi connectivity index (χ4v) is 2.62. The summed E-state index contributed by atoms with van der Waals surface area (Å²) in [6.07, 6.45) is 1.04. The van der Waals surface area contributed by atoms with E-state index < -0.39 is 33.5 Å². The van der Waals surface area contributed by atoms with Crippen LogP contribution >= 0.6 is 0 Å². The van der Waals surface area contributed by atoms with Gasteiger partial charge in [-0.05, 0) is 13.8 Å². The number of sulfonamides is 1. The molecule has 0 saturated heterocycles. The molecule has 0 aliphatic heterocycles. The number of aliphatic carboxylic acids is 1. The lowest BCUT2D eigenvalue weighted by atomic mass is 10.1. The first-order valence-corrected chi connectivity index (χ1v) is 7.94. The molecule has 1 atom stereocenters. The van der Waals surface area contributed by atoms with Crippen molar-refractivity contribution in [2.45, 2.75) is 26.3 Å². The molecule has 0 bridgehead atoms. The van der Waals surface area contributed by atoms with Crippen LogP contribution in [0.4, 0.5) is 4.79 Å². The minimum absolute atomic E-state index is 0.0705. The molecule has 0 fully saturated rings. The van der Waals surface area contributed by atoms with Crippen LogP contribution in [-0.2, 0) is 14.8 Å². The summed E-state index contributed by atoms with van der Waals surface area (Å²) in [6, 6.07) is -0.457. The molecule has 1 unspecified atom stereocenters. The van der Waals surface area contributed by atoms with Gasteiger partial charge in [-0.15, -0.1) is 0 Å². The number of amides is 2. The lowest BCUT2D eigenvalue weighted by Crippen LogP contribution is -2.53. The minimum Gasteiger partial charge on any atom is -0.481 e. The molecule has 20 heavy (non-hydrogen) atoms. The Balaban J connectivity index is 4.38. The van der Waals surface area contributed by atoms with Gasteiger partial charge in [0, 0.05) is 25.7 Å². The first kappa shape index (κ1) is 18.7. The van der Waals surface area contributed by atoms with Gasteiger partial charge in [0.2, 0.25) is 10.0 Å². The zero-order valence-electron chi connectivity index (χ0n) is 12.4. The van der Waals surface area contributed by atoms with Crippen molar-refractivity contribution in [1.29, 1.82) is 0 Å². The summed E-state index contributed by atoms with van der Waals surface area (Å²) in [7, 11) is -1.89. The molecule has 0 aromatic rings. The SMILES string of the molecule is CC(CN(C)C(=O)NCC(C)(C)NS(C)(=O)=O)C(=O)O. The predicted octanol–water partition coefficient (Wildman–Crippen LogP) is -0.324. The van der Waals surface area contributed by atoms with Crippen LogP contribution in [0.5, 0.6) is 0 Å². The second-order valence-corrected chi connectivity index (χ2v) is 7.29. The normalized spacial score (nSPS) is 13.7. The molecule has 0 aliphatic rings. The zero-order valence-corrected chi connectivity index (χ0v) is 13.2. The van der Waals surface area contributed by atoms with Gasteiger partial charge in [-0.3, -0.25) is 4.79 Å². The van der Waals surface area contributed by atoms with Gasteiger partial charge < -0.3 is 15.3 Å². The third kappa shape index (κ3) is 7.95. The Labute approximate surface area is 119 Å². The smallest absolute Gasteiger partial charge is 0.317 e. The Morgan fingerprint density at radius 2 is 1.85 bits per heavy atom. The van der Waals surface area contributed by atoms with Crippen molar-refractivity contribution >= 4 is 22.0 Å². The first-order chi connectivity index (χ1) is 8.84. The maximum absolute atomic E-state index is 11.8. The van der Waals surface area contributed by atoms with Crippen molar-refractivity contribution < 1.29 is 23.1 Å². The molecule has 0 rings (SSSR count). The maximum Gasteiger partial charge on any atom is 0.317 e. The van der Waals surface area contributed by atoms with Crippen molar-refractivity contribution in [2.75, 3.05) is 26.4 Å². The van der Waals surface area contributed by atoms with Gasteiger partial charge in [0.25, 0.3) is 0 Å². The van der Waals surface area contributed by atoms with Crippen LogP contribution in [0.25, 0.3) is 0 Å². The highest BCUT2D eigenvalue weighted by Crippen LogP contribution is 2.03. The van der Waals surface area contributed by atoms with Crippen molar-refractivity contribution in [3.63, 3.8) is 0 Å². The van der Waals surface area contributed by atoms with Gasteiger partial charge in [-0.25, -0.2) is 17.9 Å². The van der Waals surface area contributed by atoms with Crippen LogP contribution in [0, 0.1) is 5.92 Å². The van der Waals surface area contributed by atoms with E-state index in [1.807, 2.05) is 0 Å². The largest absolute Gasteiger partial charge is 0.481 e. The third-order valence-electron chi connectivity index (χ3n) is 2.46. The Kier molecular flexibility index (Phi) is 6.42. The van der Waals surface area contributed by atoms with E-state index >= 15 is 0 Å². The van der Waals surface area contributed by atoms with Gasteiger partial charge in [0.15, 0.2) is 0 Å². The van der Waals surface area contributed by atoms with Crippen molar-refractivity contribution in [3.8, 4) is 0 Å². The fraction of sp³-hybridized carbons (Fsp3) is 0.818. The number of hydrogen-bond donors (Lipinski definition) is 3. The topological polar surface area (TPSA) is 116 Å². The van der Waals surface area contributed by atoms with Gasteiger partial charge in [0.05, 0.1) is 12.2 Å². The molecular weight excluding hydrogens is 286 g/mol. The average molecular weight is 309 g/mol. The van der Waals surface area contributed by atoms with E-state index in [1.165, 1.54) is 18.9 Å². The molecule has 0 saturated carbocycles. The molecule has 0 aromatic heterocycles. The standard InChI is InChI=1S/C11H23N3O5S/c1-8(9(15)16)6-14(4)10(17)12-7-11(2,3)13-20(5,18)19/h8,13H,6-7H2,1-5H3,(H,12,17)(H,15,16). The maximum atomic E-state index is 11.8. The summed E-state index contributed by atoms with van der Waals surface area (Å²) in [5.74, 6) is -1.66. The number of rotatable bonds is 7. The lowest BCUT2D eigenvalue weighted by Gasteiger charge is -2.27. The summed E-state index contributed by atoms with van der Waals surface area (Å²) in [4.78, 5) is 23.7. The van der Waals surface area contributed by atoms with Crippen LogP contribution in [0.1, 0.15) is 20.8 Å². The van der Waals surface area contributed by atoms with E-state index in [-0.39, 0.29) is 13.1 Å². The quantitative estimate of drug-likeness (QED) is 0.596. The Morgan fingerprint density at radius 1 is 1.35 bits per heavy atom. The van der Waals surface area contributed by atoms with E-state index in [4.69, 9.17) is 5.11 Å². The Morgan fingerprint density at radius 3 is 2.25 bits per heavy atom. The van der Waals surface area contributed by atoms with Gasteiger partial charge in [-0.1, -0.05) is 6.92 Å². The van der Waals surface area contributed by atoms with Gasteiger partial charge >= 0.3 is 12.0 Å². The highest BCUT2D eigenvalue weighted by molar-refractivity contribution is 7.88. The van der Waals surface area contributed by atoms with Crippen molar-refractivity contribution in [1.82, 2.24) is 14.9 Å². The highest BCUT2D eigenvalue weighted by Gasteiger charge is 2.24. The Hall–Kier alpha value is -1.35. The third-order valence-corrected chi connectivity index (χ3v) is 3.38. The number of hydrogen-bond acceptors (Lipinski definition) is 4. The molecular formula is C11H23N3O5S. The number of carboxylic acids is 1. The van der Waals surface area contributed by atoms with E-state index in [0.717, 1.165) is 6.26 Å². The highest BCUT2D eigenvalue weighted by atomic mass is 32.2. The van der Waals surface area contributed by atoms with E-state index in [9.17, 15) is 18.0 Å². The van der Waals surface area contributed by atoms with E-state index in [0.29, 0.717) is 0 Å². The number of urea groups is 1. The van der Waals surface area contributed by atoms with Crippen LogP contribution in [0.2, 0.25) is 0 Å². The monoisotopic (exact) mass is 309 g/mol. The second kappa shape index (κ2) is 6.89. The number of carbonyl (C=O) groups excluding carboxylic acids is 1. The van der Waals surface area contributed by atoms with E-state index in [1.54, 1.807) is 13.8 Å². The summed E-state index contributed by atoms with van der Waals surface area (Å²) < 4.78 is 24.7.